The maximum atomic E-state index is 12.2. The molecule has 0 radical (unpaired) electrons. The van der Waals surface area contributed by atoms with Gasteiger partial charge in [-0.15, -0.1) is 0 Å². The summed E-state index contributed by atoms with van der Waals surface area (Å²) in [5.41, 5.74) is 5.85. The first-order chi connectivity index (χ1) is 8.15. The molecule has 1 aliphatic rings. The molecular formula is C12H26N2O3S. The van der Waals surface area contributed by atoms with E-state index in [1.165, 1.54) is 0 Å². The minimum Gasteiger partial charge on any atom is -0.378 e. The number of nitrogens with zero attached hydrogens (tertiary/aromatic N) is 1. The fourth-order valence-electron chi connectivity index (χ4n) is 2.08. The lowest BCUT2D eigenvalue weighted by atomic mass is 9.81. The van der Waals surface area contributed by atoms with Crippen LogP contribution in [0.2, 0.25) is 0 Å². The van der Waals surface area contributed by atoms with Gasteiger partial charge in [-0.05, 0) is 25.7 Å². The topological polar surface area (TPSA) is 72.6 Å². The van der Waals surface area contributed by atoms with Gasteiger partial charge in [0.1, 0.15) is 0 Å². The van der Waals surface area contributed by atoms with E-state index in [4.69, 9.17) is 10.5 Å². The van der Waals surface area contributed by atoms with Gasteiger partial charge in [-0.2, -0.15) is 0 Å². The van der Waals surface area contributed by atoms with Gasteiger partial charge in [0.05, 0.1) is 18.5 Å². The lowest BCUT2D eigenvalue weighted by Gasteiger charge is -2.41. The molecule has 18 heavy (non-hydrogen) atoms. The number of rotatable bonds is 5. The van der Waals surface area contributed by atoms with Crippen molar-refractivity contribution in [2.75, 3.05) is 25.4 Å². The molecule has 1 aliphatic heterocycles. The monoisotopic (exact) mass is 278 g/mol. The van der Waals surface area contributed by atoms with Crippen molar-refractivity contribution >= 4 is 10.0 Å². The summed E-state index contributed by atoms with van der Waals surface area (Å²) < 4.78 is 31.2. The highest BCUT2D eigenvalue weighted by atomic mass is 32.2. The molecule has 0 spiro atoms. The molecule has 0 aromatic heterocycles. The Morgan fingerprint density at radius 3 is 2.56 bits per heavy atom. The molecule has 1 saturated heterocycles. The quantitative estimate of drug-likeness (QED) is 0.807. The number of ether oxygens (including phenoxy) is 1. The Morgan fingerprint density at radius 2 is 2.06 bits per heavy atom. The number of hydrogen-bond acceptors (Lipinski definition) is 4. The van der Waals surface area contributed by atoms with Crippen molar-refractivity contribution in [3.63, 3.8) is 0 Å². The van der Waals surface area contributed by atoms with Gasteiger partial charge in [-0.3, -0.25) is 0 Å². The van der Waals surface area contributed by atoms with Gasteiger partial charge in [0.25, 0.3) is 0 Å². The molecule has 0 aliphatic carbocycles. The predicted molar refractivity (Wildman–Crippen MR) is 72.8 cm³/mol. The van der Waals surface area contributed by atoms with E-state index in [1.54, 1.807) is 4.31 Å². The van der Waals surface area contributed by atoms with E-state index in [9.17, 15) is 8.42 Å². The molecule has 1 fully saturated rings. The standard InChI is InChI=1S/C12H26N2O3S/c1-10(2)17-7-8-18(15,16)14-6-5-11(13)12(3,4)9-14/h10-11H,5-9,13H2,1-4H3. The molecule has 2 N–H and O–H groups in total. The zero-order valence-electron chi connectivity index (χ0n) is 11.8. The van der Waals surface area contributed by atoms with Crippen LogP contribution in [0.3, 0.4) is 0 Å². The molecule has 0 bridgehead atoms. The lowest BCUT2D eigenvalue weighted by molar-refractivity contribution is 0.0897. The van der Waals surface area contributed by atoms with Crippen LogP contribution in [0.1, 0.15) is 34.1 Å². The van der Waals surface area contributed by atoms with Gasteiger partial charge in [-0.1, -0.05) is 13.8 Å². The van der Waals surface area contributed by atoms with Gasteiger partial charge in [-0.25, -0.2) is 12.7 Å². The average Bonchev–Trinajstić information content (AvgIpc) is 2.21. The molecule has 0 amide bonds. The van der Waals surface area contributed by atoms with Crippen molar-refractivity contribution in [1.29, 1.82) is 0 Å². The molecule has 5 nitrogen and oxygen atoms in total. The Morgan fingerprint density at radius 1 is 1.44 bits per heavy atom. The number of nitrogens with two attached hydrogens (primary N) is 1. The van der Waals surface area contributed by atoms with E-state index >= 15 is 0 Å². The summed E-state index contributed by atoms with van der Waals surface area (Å²) >= 11 is 0. The summed E-state index contributed by atoms with van der Waals surface area (Å²) in [6, 6.07) is 0.0656. The first-order valence-corrected chi connectivity index (χ1v) is 8.11. The SMILES string of the molecule is CC(C)OCCS(=O)(=O)N1CCC(N)C(C)(C)C1. The highest BCUT2D eigenvalue weighted by Crippen LogP contribution is 2.29. The number of hydrogen-bond donors (Lipinski definition) is 1. The normalized spacial score (nSPS) is 25.6. The molecule has 0 aromatic carbocycles. The highest BCUT2D eigenvalue weighted by Gasteiger charge is 2.37. The van der Waals surface area contributed by atoms with E-state index in [0.717, 1.165) is 6.42 Å². The van der Waals surface area contributed by atoms with Crippen LogP contribution in [0.4, 0.5) is 0 Å². The second-order valence-corrected chi connectivity index (χ2v) is 8.04. The summed E-state index contributed by atoms with van der Waals surface area (Å²) in [5.74, 6) is 0.0521. The summed E-state index contributed by atoms with van der Waals surface area (Å²) in [6.07, 6.45) is 0.781. The molecule has 108 valence electrons. The lowest BCUT2D eigenvalue weighted by Crippen LogP contribution is -2.54. The predicted octanol–water partition coefficient (Wildman–Crippen LogP) is 0.800. The minimum atomic E-state index is -3.22. The molecule has 0 aromatic rings. The van der Waals surface area contributed by atoms with Crippen molar-refractivity contribution in [1.82, 2.24) is 4.31 Å². The Bertz CT molecular complexity index is 366. The van der Waals surface area contributed by atoms with Crippen LogP contribution >= 0.6 is 0 Å². The Balaban J connectivity index is 2.58. The number of sulfonamides is 1. The smallest absolute Gasteiger partial charge is 0.216 e. The first-order valence-electron chi connectivity index (χ1n) is 6.50. The van der Waals surface area contributed by atoms with Gasteiger partial charge in [0.15, 0.2) is 0 Å². The largest absolute Gasteiger partial charge is 0.378 e. The van der Waals surface area contributed by atoms with Crippen molar-refractivity contribution in [2.24, 2.45) is 11.1 Å². The molecular weight excluding hydrogens is 252 g/mol. The summed E-state index contributed by atoms with van der Waals surface area (Å²) in [5, 5.41) is 0. The second kappa shape index (κ2) is 5.86. The van der Waals surface area contributed by atoms with Gasteiger partial charge in [0, 0.05) is 19.1 Å². The number of piperidine rings is 1. The maximum Gasteiger partial charge on any atom is 0.216 e. The summed E-state index contributed by atoms with van der Waals surface area (Å²) in [7, 11) is -3.22. The van der Waals surface area contributed by atoms with Crippen LogP contribution < -0.4 is 5.73 Å². The fraction of sp³-hybridized carbons (Fsp3) is 1.00. The second-order valence-electron chi connectivity index (χ2n) is 5.95. The highest BCUT2D eigenvalue weighted by molar-refractivity contribution is 7.89. The zero-order valence-corrected chi connectivity index (χ0v) is 12.7. The van der Waals surface area contributed by atoms with Crippen molar-refractivity contribution < 1.29 is 13.2 Å². The molecule has 1 unspecified atom stereocenters. The Hall–Kier alpha value is -0.170. The van der Waals surface area contributed by atoms with Crippen molar-refractivity contribution in [2.45, 2.75) is 46.3 Å². The van der Waals surface area contributed by atoms with Crippen LogP contribution in [0.25, 0.3) is 0 Å². The van der Waals surface area contributed by atoms with Crippen LogP contribution in [0, 0.1) is 5.41 Å². The van der Waals surface area contributed by atoms with Crippen molar-refractivity contribution in [3.05, 3.63) is 0 Å². The first kappa shape index (κ1) is 15.9. The third-order valence-electron chi connectivity index (χ3n) is 3.46. The molecule has 1 rings (SSSR count). The molecule has 6 heteroatoms. The third-order valence-corrected chi connectivity index (χ3v) is 5.24. The summed E-state index contributed by atoms with van der Waals surface area (Å²) in [6.45, 7) is 9.11. The Labute approximate surface area is 111 Å². The van der Waals surface area contributed by atoms with Crippen LogP contribution in [-0.4, -0.2) is 50.3 Å². The average molecular weight is 278 g/mol. The van der Waals surface area contributed by atoms with Crippen LogP contribution in [0.15, 0.2) is 0 Å². The fourth-order valence-corrected chi connectivity index (χ4v) is 3.56. The molecule has 1 atom stereocenters. The maximum absolute atomic E-state index is 12.2. The van der Waals surface area contributed by atoms with Crippen molar-refractivity contribution in [3.8, 4) is 0 Å². The van der Waals surface area contributed by atoms with E-state index in [0.29, 0.717) is 13.1 Å². The van der Waals surface area contributed by atoms with E-state index in [2.05, 4.69) is 0 Å². The van der Waals surface area contributed by atoms with Gasteiger partial charge in [0.2, 0.25) is 10.0 Å². The van der Waals surface area contributed by atoms with E-state index in [-0.39, 0.29) is 29.9 Å². The third kappa shape index (κ3) is 4.19. The van der Waals surface area contributed by atoms with Gasteiger partial charge < -0.3 is 10.5 Å². The van der Waals surface area contributed by atoms with Crippen LogP contribution in [-0.2, 0) is 14.8 Å². The van der Waals surface area contributed by atoms with E-state index in [1.807, 2.05) is 27.7 Å². The van der Waals surface area contributed by atoms with Gasteiger partial charge >= 0.3 is 0 Å². The molecule has 0 saturated carbocycles. The molecule has 1 heterocycles. The zero-order chi connectivity index (χ0) is 14.0. The minimum absolute atomic E-state index is 0.0521. The van der Waals surface area contributed by atoms with Crippen LogP contribution in [0.5, 0.6) is 0 Å². The summed E-state index contributed by atoms with van der Waals surface area (Å²) in [4.78, 5) is 0. The Kier molecular flexibility index (Phi) is 5.17. The van der Waals surface area contributed by atoms with E-state index < -0.39 is 10.0 Å².